The van der Waals surface area contributed by atoms with Crippen LogP contribution in [0.15, 0.2) is 48.5 Å². The van der Waals surface area contributed by atoms with Gasteiger partial charge >= 0.3 is 0 Å². The van der Waals surface area contributed by atoms with Crippen molar-refractivity contribution < 1.29 is 0 Å². The summed E-state index contributed by atoms with van der Waals surface area (Å²) < 4.78 is 0. The van der Waals surface area contributed by atoms with Crippen LogP contribution in [-0.4, -0.2) is 21.0 Å². The Morgan fingerprint density at radius 1 is 0.760 bits per heavy atom. The SMILES string of the molecule is CC(C)Nc1nc(Nc2ccc(Cl)cc2)nc(-c2ccc(Cl)cc2)n1. The minimum atomic E-state index is 0.198. The molecule has 2 N–H and O–H groups in total. The van der Waals surface area contributed by atoms with Crippen LogP contribution in [0.2, 0.25) is 10.0 Å². The molecule has 0 atom stereocenters. The van der Waals surface area contributed by atoms with E-state index in [2.05, 4.69) is 25.6 Å². The van der Waals surface area contributed by atoms with E-state index in [9.17, 15) is 0 Å². The summed E-state index contributed by atoms with van der Waals surface area (Å²) in [5.74, 6) is 1.52. The molecule has 0 unspecified atom stereocenters. The van der Waals surface area contributed by atoms with Gasteiger partial charge in [-0.15, -0.1) is 0 Å². The summed E-state index contributed by atoms with van der Waals surface area (Å²) >= 11 is 11.9. The van der Waals surface area contributed by atoms with Crippen LogP contribution >= 0.6 is 23.2 Å². The van der Waals surface area contributed by atoms with Crippen molar-refractivity contribution in [3.63, 3.8) is 0 Å². The highest BCUT2D eigenvalue weighted by molar-refractivity contribution is 6.30. The topological polar surface area (TPSA) is 62.7 Å². The lowest BCUT2D eigenvalue weighted by Crippen LogP contribution is -2.14. The summed E-state index contributed by atoms with van der Waals surface area (Å²) in [7, 11) is 0. The van der Waals surface area contributed by atoms with Gasteiger partial charge in [-0.05, 0) is 62.4 Å². The Bertz CT molecular complexity index is 848. The molecule has 1 heterocycles. The third-order valence-corrected chi connectivity index (χ3v) is 3.76. The van der Waals surface area contributed by atoms with Crippen LogP contribution in [0.4, 0.5) is 17.6 Å². The maximum Gasteiger partial charge on any atom is 0.232 e. The lowest BCUT2D eigenvalue weighted by atomic mass is 10.2. The van der Waals surface area contributed by atoms with Crippen LogP contribution in [0, 0.1) is 0 Å². The first-order chi connectivity index (χ1) is 12.0. The van der Waals surface area contributed by atoms with Crippen molar-refractivity contribution in [3.8, 4) is 11.4 Å². The van der Waals surface area contributed by atoms with Gasteiger partial charge in [-0.1, -0.05) is 23.2 Å². The lowest BCUT2D eigenvalue weighted by Gasteiger charge is -2.12. The molecule has 0 aliphatic heterocycles. The number of benzene rings is 2. The largest absolute Gasteiger partial charge is 0.352 e. The molecular formula is C18H17Cl2N5. The van der Waals surface area contributed by atoms with Gasteiger partial charge in [0.25, 0.3) is 0 Å². The Morgan fingerprint density at radius 2 is 1.32 bits per heavy atom. The van der Waals surface area contributed by atoms with Gasteiger partial charge in [0, 0.05) is 27.3 Å². The first-order valence-electron chi connectivity index (χ1n) is 7.81. The Labute approximate surface area is 156 Å². The zero-order valence-electron chi connectivity index (χ0n) is 13.8. The molecule has 3 rings (SSSR count). The number of rotatable bonds is 5. The summed E-state index contributed by atoms with van der Waals surface area (Å²) in [6.07, 6.45) is 0. The molecule has 25 heavy (non-hydrogen) atoms. The van der Waals surface area contributed by atoms with Gasteiger partial charge in [-0.3, -0.25) is 0 Å². The number of anilines is 3. The van der Waals surface area contributed by atoms with Crippen molar-refractivity contribution in [1.82, 2.24) is 15.0 Å². The molecule has 7 heteroatoms. The summed E-state index contributed by atoms with van der Waals surface area (Å²) in [6, 6.07) is 14.9. The van der Waals surface area contributed by atoms with E-state index >= 15 is 0 Å². The van der Waals surface area contributed by atoms with Crippen LogP contribution in [0.3, 0.4) is 0 Å². The highest BCUT2D eigenvalue weighted by Gasteiger charge is 2.10. The molecule has 0 radical (unpaired) electrons. The van der Waals surface area contributed by atoms with Gasteiger partial charge in [-0.2, -0.15) is 15.0 Å². The summed E-state index contributed by atoms with van der Waals surface area (Å²) in [6.45, 7) is 4.05. The van der Waals surface area contributed by atoms with Crippen molar-refractivity contribution in [1.29, 1.82) is 0 Å². The van der Waals surface area contributed by atoms with Gasteiger partial charge in [-0.25, -0.2) is 0 Å². The minimum Gasteiger partial charge on any atom is -0.352 e. The van der Waals surface area contributed by atoms with E-state index < -0.39 is 0 Å². The number of halogens is 2. The molecule has 0 aliphatic rings. The fraction of sp³-hybridized carbons (Fsp3) is 0.167. The Hall–Kier alpha value is -2.37. The average Bonchev–Trinajstić information content (AvgIpc) is 2.57. The second-order valence-electron chi connectivity index (χ2n) is 5.74. The molecule has 0 aliphatic carbocycles. The second kappa shape index (κ2) is 7.68. The molecule has 0 saturated carbocycles. The van der Waals surface area contributed by atoms with Gasteiger partial charge in [0.05, 0.1) is 0 Å². The van der Waals surface area contributed by atoms with E-state index in [4.69, 9.17) is 23.2 Å². The zero-order chi connectivity index (χ0) is 17.8. The molecule has 0 fully saturated rings. The minimum absolute atomic E-state index is 0.198. The molecule has 0 bridgehead atoms. The van der Waals surface area contributed by atoms with Crippen LogP contribution in [-0.2, 0) is 0 Å². The van der Waals surface area contributed by atoms with Gasteiger partial charge in [0.2, 0.25) is 11.9 Å². The molecule has 1 aromatic heterocycles. The quantitative estimate of drug-likeness (QED) is 0.625. The van der Waals surface area contributed by atoms with Crippen molar-refractivity contribution >= 4 is 40.8 Å². The monoisotopic (exact) mass is 373 g/mol. The van der Waals surface area contributed by atoms with Crippen LogP contribution in [0.1, 0.15) is 13.8 Å². The smallest absolute Gasteiger partial charge is 0.232 e. The van der Waals surface area contributed by atoms with E-state index in [0.29, 0.717) is 27.8 Å². The van der Waals surface area contributed by atoms with Gasteiger partial charge in [0.15, 0.2) is 5.82 Å². The number of nitrogens with one attached hydrogen (secondary N) is 2. The third kappa shape index (κ3) is 4.81. The molecule has 5 nitrogen and oxygen atoms in total. The van der Waals surface area contributed by atoms with E-state index in [0.717, 1.165) is 11.3 Å². The molecule has 0 amide bonds. The van der Waals surface area contributed by atoms with Gasteiger partial charge < -0.3 is 10.6 Å². The van der Waals surface area contributed by atoms with Crippen molar-refractivity contribution in [2.24, 2.45) is 0 Å². The van der Waals surface area contributed by atoms with Crippen LogP contribution in [0.25, 0.3) is 11.4 Å². The summed E-state index contributed by atoms with van der Waals surface area (Å²) in [5.41, 5.74) is 1.70. The van der Waals surface area contributed by atoms with E-state index in [1.54, 1.807) is 12.1 Å². The standard InChI is InChI=1S/C18H17Cl2N5/c1-11(2)21-17-23-16(12-3-5-13(19)6-4-12)24-18(25-17)22-15-9-7-14(20)8-10-15/h3-11H,1-2H3,(H2,21,22,23,24,25). The first kappa shape index (κ1) is 17.5. The first-order valence-corrected chi connectivity index (χ1v) is 8.56. The molecular weight excluding hydrogens is 357 g/mol. The van der Waals surface area contributed by atoms with E-state index in [1.807, 2.05) is 50.2 Å². The van der Waals surface area contributed by atoms with Crippen LogP contribution < -0.4 is 10.6 Å². The van der Waals surface area contributed by atoms with E-state index in [-0.39, 0.29) is 6.04 Å². The maximum atomic E-state index is 5.96. The summed E-state index contributed by atoms with van der Waals surface area (Å²) in [4.78, 5) is 13.4. The maximum absolute atomic E-state index is 5.96. The number of nitrogens with zero attached hydrogens (tertiary/aromatic N) is 3. The zero-order valence-corrected chi connectivity index (χ0v) is 15.3. The summed E-state index contributed by atoms with van der Waals surface area (Å²) in [5, 5.41) is 7.73. The highest BCUT2D eigenvalue weighted by Crippen LogP contribution is 2.22. The predicted octanol–water partition coefficient (Wildman–Crippen LogP) is 5.41. The fourth-order valence-corrected chi connectivity index (χ4v) is 2.40. The molecule has 128 valence electrons. The fourth-order valence-electron chi connectivity index (χ4n) is 2.14. The number of hydrogen-bond acceptors (Lipinski definition) is 5. The number of aromatic nitrogens is 3. The van der Waals surface area contributed by atoms with Crippen molar-refractivity contribution in [3.05, 3.63) is 58.6 Å². The second-order valence-corrected chi connectivity index (χ2v) is 6.62. The van der Waals surface area contributed by atoms with Crippen LogP contribution in [0.5, 0.6) is 0 Å². The molecule has 0 spiro atoms. The Balaban J connectivity index is 1.97. The third-order valence-electron chi connectivity index (χ3n) is 3.26. The Kier molecular flexibility index (Phi) is 5.36. The Morgan fingerprint density at radius 3 is 1.92 bits per heavy atom. The molecule has 3 aromatic rings. The normalized spacial score (nSPS) is 10.8. The van der Waals surface area contributed by atoms with E-state index in [1.165, 1.54) is 0 Å². The van der Waals surface area contributed by atoms with Crippen molar-refractivity contribution in [2.75, 3.05) is 10.6 Å². The molecule has 0 saturated heterocycles. The number of hydrogen-bond donors (Lipinski definition) is 2. The molecule has 2 aromatic carbocycles. The van der Waals surface area contributed by atoms with Crippen molar-refractivity contribution in [2.45, 2.75) is 19.9 Å². The lowest BCUT2D eigenvalue weighted by molar-refractivity contribution is 0.869. The average molecular weight is 374 g/mol. The predicted molar refractivity (Wildman–Crippen MR) is 104 cm³/mol. The van der Waals surface area contributed by atoms with Gasteiger partial charge in [0.1, 0.15) is 0 Å². The highest BCUT2D eigenvalue weighted by atomic mass is 35.5.